The molecule has 1 aromatic heterocycles. The molecular weight excluding hydrogens is 265 g/mol. The second kappa shape index (κ2) is 4.77. The number of halogens is 3. The van der Waals surface area contributed by atoms with E-state index in [-0.39, 0.29) is 5.56 Å². The maximum atomic E-state index is 12.3. The van der Waals surface area contributed by atoms with E-state index in [1.54, 1.807) is 17.1 Å². The fraction of sp³-hybridized carbons (Fsp3) is 0.0909. The van der Waals surface area contributed by atoms with Gasteiger partial charge in [-0.1, -0.05) is 16.0 Å². The van der Waals surface area contributed by atoms with E-state index in [0.29, 0.717) is 0 Å². The van der Waals surface area contributed by atoms with Gasteiger partial charge in [0.1, 0.15) is 0 Å². The van der Waals surface area contributed by atoms with Crippen LogP contribution in [0.3, 0.4) is 0 Å². The number of thiazole rings is 1. The van der Waals surface area contributed by atoms with Crippen molar-refractivity contribution >= 4 is 17.2 Å². The minimum Gasteiger partial charge on any atom is -0.264 e. The lowest BCUT2D eigenvalue weighted by atomic mass is 10.1. The third kappa shape index (κ3) is 2.86. The monoisotopic (exact) mass is 273 g/mol. The number of nitrogens with one attached hydrogen (secondary N) is 1. The Labute approximate surface area is 104 Å². The predicted octanol–water partition coefficient (Wildman–Crippen LogP) is 2.44. The molecule has 2 aromatic rings. The Morgan fingerprint density at radius 3 is 2.39 bits per heavy atom. The molecule has 0 aliphatic carbocycles. The molecule has 0 fully saturated rings. The number of carbonyl (C=O) groups excluding carboxylic acids is 1. The Morgan fingerprint density at radius 1 is 1.22 bits per heavy atom. The highest BCUT2D eigenvalue weighted by molar-refractivity contribution is 7.07. The van der Waals surface area contributed by atoms with Crippen LogP contribution in [0.25, 0.3) is 0 Å². The summed E-state index contributed by atoms with van der Waals surface area (Å²) in [7, 11) is 0. The Bertz CT molecular complexity index is 534. The Kier molecular flexibility index (Phi) is 3.33. The molecular formula is C11H8F3N2OS+. The molecule has 0 aliphatic rings. The molecule has 1 aromatic carbocycles. The Morgan fingerprint density at radius 2 is 1.89 bits per heavy atom. The third-order valence-electron chi connectivity index (χ3n) is 2.18. The Hall–Kier alpha value is -1.89. The standard InChI is InChI=1S/C11H7F3N2OS/c12-11(13,14)9-3-1-8(2-4-9)10(17)15-16-5-6-18-7-16/h1-7H/p+1. The SMILES string of the molecule is O=C(N[n+]1ccsc1)c1ccc(C(F)(F)F)cc1. The zero-order valence-corrected chi connectivity index (χ0v) is 9.76. The summed E-state index contributed by atoms with van der Waals surface area (Å²) in [6.07, 6.45) is -2.76. The molecule has 0 saturated carbocycles. The van der Waals surface area contributed by atoms with E-state index in [9.17, 15) is 18.0 Å². The maximum absolute atomic E-state index is 12.3. The molecule has 3 nitrogen and oxygen atoms in total. The lowest BCUT2D eigenvalue weighted by molar-refractivity contribution is -0.636. The van der Waals surface area contributed by atoms with Gasteiger partial charge in [-0.25, -0.2) is 0 Å². The van der Waals surface area contributed by atoms with E-state index in [1.807, 2.05) is 0 Å². The summed E-state index contributed by atoms with van der Waals surface area (Å²) in [5.41, 5.74) is 3.55. The summed E-state index contributed by atoms with van der Waals surface area (Å²) in [5.74, 6) is -0.466. The van der Waals surface area contributed by atoms with Gasteiger partial charge in [0.2, 0.25) is 6.20 Å². The van der Waals surface area contributed by atoms with E-state index in [4.69, 9.17) is 0 Å². The first-order valence-electron chi connectivity index (χ1n) is 4.89. The number of hydrogen-bond acceptors (Lipinski definition) is 2. The van der Waals surface area contributed by atoms with Crippen LogP contribution in [0.15, 0.2) is 41.4 Å². The highest BCUT2D eigenvalue weighted by Crippen LogP contribution is 2.28. The van der Waals surface area contributed by atoms with Gasteiger partial charge in [0.15, 0.2) is 0 Å². The van der Waals surface area contributed by atoms with E-state index < -0.39 is 17.6 Å². The smallest absolute Gasteiger partial charge is 0.264 e. The van der Waals surface area contributed by atoms with Crippen molar-refractivity contribution in [3.05, 3.63) is 52.5 Å². The molecule has 2 rings (SSSR count). The number of nitrogens with zero attached hydrogens (tertiary/aromatic N) is 1. The van der Waals surface area contributed by atoms with Gasteiger partial charge in [-0.05, 0) is 24.3 Å². The molecule has 94 valence electrons. The van der Waals surface area contributed by atoms with Crippen molar-refractivity contribution in [1.29, 1.82) is 0 Å². The molecule has 0 bridgehead atoms. The molecule has 0 unspecified atom stereocenters. The minimum absolute atomic E-state index is 0.168. The lowest BCUT2D eigenvalue weighted by Gasteiger charge is -2.06. The van der Waals surface area contributed by atoms with Crippen LogP contribution >= 0.6 is 11.3 Å². The highest BCUT2D eigenvalue weighted by atomic mass is 32.1. The molecule has 1 N–H and O–H groups in total. The van der Waals surface area contributed by atoms with Crippen molar-refractivity contribution in [3.8, 4) is 0 Å². The number of aromatic nitrogens is 1. The van der Waals surface area contributed by atoms with Crippen molar-refractivity contribution in [3.63, 3.8) is 0 Å². The van der Waals surface area contributed by atoms with Crippen molar-refractivity contribution < 1.29 is 22.6 Å². The van der Waals surface area contributed by atoms with Crippen LogP contribution in [0.1, 0.15) is 15.9 Å². The average molecular weight is 273 g/mol. The molecule has 18 heavy (non-hydrogen) atoms. The largest absolute Gasteiger partial charge is 0.416 e. The van der Waals surface area contributed by atoms with Gasteiger partial charge in [-0.2, -0.15) is 13.2 Å². The molecule has 1 amide bonds. The van der Waals surface area contributed by atoms with Gasteiger partial charge < -0.3 is 0 Å². The second-order valence-electron chi connectivity index (χ2n) is 3.45. The van der Waals surface area contributed by atoms with Crippen molar-refractivity contribution in [2.24, 2.45) is 0 Å². The zero-order valence-electron chi connectivity index (χ0n) is 8.94. The first-order valence-corrected chi connectivity index (χ1v) is 5.83. The maximum Gasteiger partial charge on any atom is 0.416 e. The summed E-state index contributed by atoms with van der Waals surface area (Å²) in [6, 6.07) is 4.05. The average Bonchev–Trinajstić information content (AvgIpc) is 2.81. The number of rotatable bonds is 2. The normalized spacial score (nSPS) is 11.3. The van der Waals surface area contributed by atoms with Gasteiger partial charge in [0.05, 0.1) is 10.9 Å². The third-order valence-corrected chi connectivity index (χ3v) is 2.81. The summed E-state index contributed by atoms with van der Waals surface area (Å²) in [6.45, 7) is 0. The van der Waals surface area contributed by atoms with Crippen LogP contribution in [0, 0.1) is 0 Å². The van der Waals surface area contributed by atoms with Crippen molar-refractivity contribution in [2.75, 3.05) is 5.43 Å². The summed E-state index contributed by atoms with van der Waals surface area (Å²) < 4.78 is 38.4. The van der Waals surface area contributed by atoms with Crippen LogP contribution < -0.4 is 10.1 Å². The van der Waals surface area contributed by atoms with E-state index in [0.717, 1.165) is 24.3 Å². The fourth-order valence-electron chi connectivity index (χ4n) is 1.29. The molecule has 0 atom stereocenters. The van der Waals surface area contributed by atoms with Crippen molar-refractivity contribution in [1.82, 2.24) is 0 Å². The number of hydrogen-bond donors (Lipinski definition) is 1. The number of amides is 1. The summed E-state index contributed by atoms with van der Waals surface area (Å²) >= 11 is 1.38. The highest BCUT2D eigenvalue weighted by Gasteiger charge is 2.30. The number of carbonyl (C=O) groups is 1. The molecule has 0 radical (unpaired) electrons. The molecule has 0 saturated heterocycles. The lowest BCUT2D eigenvalue weighted by Crippen LogP contribution is -2.46. The van der Waals surface area contributed by atoms with Gasteiger partial charge in [-0.15, -0.1) is 5.43 Å². The van der Waals surface area contributed by atoms with Gasteiger partial charge in [-0.3, -0.25) is 4.79 Å². The van der Waals surface area contributed by atoms with Gasteiger partial charge in [0.25, 0.3) is 5.51 Å². The van der Waals surface area contributed by atoms with Gasteiger partial charge >= 0.3 is 12.1 Å². The van der Waals surface area contributed by atoms with E-state index in [2.05, 4.69) is 5.43 Å². The first-order chi connectivity index (χ1) is 8.47. The zero-order chi connectivity index (χ0) is 13.2. The van der Waals surface area contributed by atoms with E-state index in [1.165, 1.54) is 16.0 Å². The molecule has 0 aliphatic heterocycles. The van der Waals surface area contributed by atoms with Crippen LogP contribution in [0.5, 0.6) is 0 Å². The first kappa shape index (κ1) is 12.6. The van der Waals surface area contributed by atoms with Crippen LogP contribution in [-0.2, 0) is 6.18 Å². The molecule has 0 spiro atoms. The Balaban J connectivity index is 2.12. The number of benzene rings is 1. The van der Waals surface area contributed by atoms with Crippen molar-refractivity contribution in [2.45, 2.75) is 6.18 Å². The van der Waals surface area contributed by atoms with E-state index >= 15 is 0 Å². The predicted molar refractivity (Wildman–Crippen MR) is 59.6 cm³/mol. The topological polar surface area (TPSA) is 33.0 Å². The van der Waals surface area contributed by atoms with Crippen LogP contribution in [0.2, 0.25) is 0 Å². The van der Waals surface area contributed by atoms with Crippen LogP contribution in [-0.4, -0.2) is 5.91 Å². The second-order valence-corrected chi connectivity index (χ2v) is 4.21. The summed E-state index contributed by atoms with van der Waals surface area (Å²) in [5, 5.41) is 1.76. The number of alkyl halides is 3. The van der Waals surface area contributed by atoms with Crippen LogP contribution in [0.4, 0.5) is 13.2 Å². The van der Waals surface area contributed by atoms with Gasteiger partial charge in [0, 0.05) is 5.56 Å². The quantitative estimate of drug-likeness (QED) is 0.838. The molecule has 1 heterocycles. The molecule has 7 heteroatoms. The minimum atomic E-state index is -4.39. The summed E-state index contributed by atoms with van der Waals surface area (Å²) in [4.78, 5) is 11.7. The fourth-order valence-corrected chi connectivity index (χ4v) is 1.82.